The van der Waals surface area contributed by atoms with Crippen molar-refractivity contribution in [2.24, 2.45) is 0 Å². The molecule has 0 saturated carbocycles. The molecule has 58 valence electrons. The zero-order valence-corrected chi connectivity index (χ0v) is 8.41. The summed E-state index contributed by atoms with van der Waals surface area (Å²) in [6.07, 6.45) is 2.72. The molecule has 1 aromatic heterocycles. The van der Waals surface area contributed by atoms with Crippen LogP contribution in [0.25, 0.3) is 6.08 Å². The van der Waals surface area contributed by atoms with Crippen LogP contribution in [0.1, 0.15) is 11.8 Å². The topological polar surface area (TPSA) is 17.1 Å². The molecule has 0 unspecified atom stereocenters. The van der Waals surface area contributed by atoms with Crippen LogP contribution in [0.2, 0.25) is 0 Å². The van der Waals surface area contributed by atoms with Gasteiger partial charge in [0.25, 0.3) is 0 Å². The zero-order valence-electron chi connectivity index (χ0n) is 6.00. The maximum absolute atomic E-state index is 10.2. The van der Waals surface area contributed by atoms with Crippen molar-refractivity contribution < 1.29 is 4.79 Å². The number of allylic oxidation sites excluding steroid dienone is 1. The number of aldehydes is 1. The van der Waals surface area contributed by atoms with Gasteiger partial charge >= 0.3 is 0 Å². The molecule has 1 nitrogen and oxygen atoms in total. The quantitative estimate of drug-likeness (QED) is 0.564. The van der Waals surface area contributed by atoms with Gasteiger partial charge in [-0.1, -0.05) is 0 Å². The normalized spacial score (nSPS) is 11.6. The summed E-state index contributed by atoms with van der Waals surface area (Å²) in [6, 6.07) is 1.98. The fourth-order valence-corrected chi connectivity index (χ4v) is 2.11. The van der Waals surface area contributed by atoms with E-state index in [1.54, 1.807) is 18.3 Å². The summed E-state index contributed by atoms with van der Waals surface area (Å²) in [5.41, 5.74) is 0.749. The summed E-state index contributed by atoms with van der Waals surface area (Å²) < 4.78 is 1.06. The smallest absolute Gasteiger partial charge is 0.145 e. The molecular weight excluding hydrogens is 224 g/mol. The van der Waals surface area contributed by atoms with Crippen LogP contribution in [0.15, 0.2) is 21.5 Å². The Morgan fingerprint density at radius 2 is 2.45 bits per heavy atom. The van der Waals surface area contributed by atoms with E-state index in [1.807, 2.05) is 17.5 Å². The Morgan fingerprint density at radius 3 is 2.91 bits per heavy atom. The number of thiophene rings is 1. The number of hydrogen-bond acceptors (Lipinski definition) is 2. The monoisotopic (exact) mass is 230 g/mol. The zero-order chi connectivity index (χ0) is 8.27. The van der Waals surface area contributed by atoms with Gasteiger partial charge in [-0.25, -0.2) is 0 Å². The highest BCUT2D eigenvalue weighted by Gasteiger charge is 1.93. The third kappa shape index (κ3) is 2.60. The highest BCUT2D eigenvalue weighted by Crippen LogP contribution is 2.21. The second kappa shape index (κ2) is 3.83. The molecule has 0 spiro atoms. The van der Waals surface area contributed by atoms with Crippen molar-refractivity contribution in [3.05, 3.63) is 26.4 Å². The molecule has 0 radical (unpaired) electrons. The second-order valence-electron chi connectivity index (χ2n) is 2.17. The number of hydrogen-bond donors (Lipinski definition) is 0. The first-order valence-corrected chi connectivity index (χ1v) is 4.77. The Kier molecular flexibility index (Phi) is 3.02. The summed E-state index contributed by atoms with van der Waals surface area (Å²) in [6.45, 7) is 1.79. The lowest BCUT2D eigenvalue weighted by atomic mass is 10.3. The average molecular weight is 231 g/mol. The van der Waals surface area contributed by atoms with Crippen molar-refractivity contribution in [2.45, 2.75) is 6.92 Å². The van der Waals surface area contributed by atoms with Crippen molar-refractivity contribution in [3.63, 3.8) is 0 Å². The Bertz CT molecular complexity index is 288. The van der Waals surface area contributed by atoms with Gasteiger partial charge in [0.15, 0.2) is 0 Å². The first-order valence-electron chi connectivity index (χ1n) is 3.10. The van der Waals surface area contributed by atoms with E-state index in [1.165, 1.54) is 0 Å². The van der Waals surface area contributed by atoms with Gasteiger partial charge < -0.3 is 0 Å². The number of carbonyl (C=O) groups excluding carboxylic acids is 1. The molecule has 0 aliphatic carbocycles. The molecule has 1 aromatic rings. The van der Waals surface area contributed by atoms with Crippen LogP contribution in [-0.4, -0.2) is 6.29 Å². The van der Waals surface area contributed by atoms with Crippen LogP contribution < -0.4 is 0 Å². The molecular formula is C8H7BrOS. The maximum Gasteiger partial charge on any atom is 0.145 e. The first kappa shape index (κ1) is 8.68. The molecule has 0 saturated heterocycles. The molecule has 0 atom stereocenters. The van der Waals surface area contributed by atoms with E-state index in [2.05, 4.69) is 15.9 Å². The highest BCUT2D eigenvalue weighted by atomic mass is 79.9. The molecule has 0 aromatic carbocycles. The fraction of sp³-hybridized carbons (Fsp3) is 0.125. The van der Waals surface area contributed by atoms with Crippen LogP contribution in [-0.2, 0) is 4.79 Å². The molecule has 3 heteroatoms. The van der Waals surface area contributed by atoms with Gasteiger partial charge in [0, 0.05) is 14.7 Å². The van der Waals surface area contributed by atoms with Crippen molar-refractivity contribution >= 4 is 39.6 Å². The van der Waals surface area contributed by atoms with Gasteiger partial charge in [-0.2, -0.15) is 0 Å². The lowest BCUT2D eigenvalue weighted by Gasteiger charge is -1.84. The van der Waals surface area contributed by atoms with Gasteiger partial charge in [0.2, 0.25) is 0 Å². The molecule has 0 fully saturated rings. The second-order valence-corrected chi connectivity index (χ2v) is 4.03. The van der Waals surface area contributed by atoms with Crippen molar-refractivity contribution in [1.29, 1.82) is 0 Å². The molecule has 0 N–H and O–H groups in total. The van der Waals surface area contributed by atoms with Crippen LogP contribution in [0.4, 0.5) is 0 Å². The maximum atomic E-state index is 10.2. The predicted molar refractivity (Wildman–Crippen MR) is 51.7 cm³/mol. The van der Waals surface area contributed by atoms with Crippen LogP contribution in [0.3, 0.4) is 0 Å². The Balaban J connectivity index is 2.86. The minimum atomic E-state index is 0.749. The summed E-state index contributed by atoms with van der Waals surface area (Å²) in [5, 5.41) is 1.99. The van der Waals surface area contributed by atoms with Crippen molar-refractivity contribution in [2.75, 3.05) is 0 Å². The van der Waals surface area contributed by atoms with Gasteiger partial charge in [0.05, 0.1) is 0 Å². The Hall–Kier alpha value is -0.410. The van der Waals surface area contributed by atoms with E-state index < -0.39 is 0 Å². The first-order chi connectivity index (χ1) is 5.22. The third-order valence-electron chi connectivity index (χ3n) is 1.14. The fourth-order valence-electron chi connectivity index (χ4n) is 0.662. The number of halogens is 1. The van der Waals surface area contributed by atoms with Crippen LogP contribution in [0.5, 0.6) is 0 Å². The minimum absolute atomic E-state index is 0.749. The predicted octanol–water partition coefficient (Wildman–Crippen LogP) is 3.11. The van der Waals surface area contributed by atoms with E-state index in [4.69, 9.17) is 0 Å². The van der Waals surface area contributed by atoms with Gasteiger partial charge in [0.1, 0.15) is 6.29 Å². The average Bonchev–Trinajstić information content (AvgIpc) is 2.35. The molecule has 0 amide bonds. The number of carbonyl (C=O) groups is 1. The third-order valence-corrected chi connectivity index (χ3v) is 2.78. The lowest BCUT2D eigenvalue weighted by molar-refractivity contribution is -0.104. The molecule has 0 bridgehead atoms. The molecule has 0 aliphatic rings. The lowest BCUT2D eigenvalue weighted by Crippen LogP contribution is -1.72. The molecule has 1 heterocycles. The van der Waals surface area contributed by atoms with Gasteiger partial charge in [-0.05, 0) is 40.6 Å². The highest BCUT2D eigenvalue weighted by molar-refractivity contribution is 9.10. The Labute approximate surface area is 77.9 Å². The molecule has 1 rings (SSSR count). The number of rotatable bonds is 2. The van der Waals surface area contributed by atoms with Crippen LogP contribution >= 0.6 is 27.3 Å². The van der Waals surface area contributed by atoms with Gasteiger partial charge in [-0.3, -0.25) is 4.79 Å². The summed E-state index contributed by atoms with van der Waals surface area (Å²) >= 11 is 4.95. The van der Waals surface area contributed by atoms with E-state index >= 15 is 0 Å². The van der Waals surface area contributed by atoms with E-state index in [-0.39, 0.29) is 0 Å². The van der Waals surface area contributed by atoms with Crippen molar-refractivity contribution in [3.8, 4) is 0 Å². The summed E-state index contributed by atoms with van der Waals surface area (Å²) in [7, 11) is 0. The Morgan fingerprint density at radius 1 is 1.73 bits per heavy atom. The summed E-state index contributed by atoms with van der Waals surface area (Å²) in [4.78, 5) is 11.3. The molecule has 0 aliphatic heterocycles. The van der Waals surface area contributed by atoms with E-state index in [0.717, 1.165) is 21.2 Å². The van der Waals surface area contributed by atoms with Gasteiger partial charge in [-0.15, -0.1) is 11.3 Å². The van der Waals surface area contributed by atoms with E-state index in [0.29, 0.717) is 0 Å². The minimum Gasteiger partial charge on any atom is -0.298 e. The largest absolute Gasteiger partial charge is 0.298 e. The SMILES string of the molecule is CC(C=O)=Cc1cc(Br)cs1. The summed E-state index contributed by atoms with van der Waals surface area (Å²) in [5.74, 6) is 0. The standard InChI is InChI=1S/C8H7BrOS/c1-6(4-10)2-8-3-7(9)5-11-8/h2-5H,1H3. The van der Waals surface area contributed by atoms with Crippen LogP contribution in [0, 0.1) is 0 Å². The van der Waals surface area contributed by atoms with Crippen molar-refractivity contribution in [1.82, 2.24) is 0 Å². The molecule has 11 heavy (non-hydrogen) atoms. The van der Waals surface area contributed by atoms with E-state index in [9.17, 15) is 4.79 Å².